The van der Waals surface area contributed by atoms with E-state index in [1.54, 1.807) is 21.3 Å². The van der Waals surface area contributed by atoms with Crippen molar-refractivity contribution in [2.75, 3.05) is 26.6 Å². The summed E-state index contributed by atoms with van der Waals surface area (Å²) in [7, 11) is 4.78. The Kier molecular flexibility index (Phi) is 11.3. The summed E-state index contributed by atoms with van der Waals surface area (Å²) in [5.74, 6) is 1.54. The third-order valence-corrected chi connectivity index (χ3v) is 6.45. The second kappa shape index (κ2) is 13.9. The van der Waals surface area contributed by atoms with Crippen LogP contribution in [0.5, 0.6) is 17.2 Å². The Bertz CT molecular complexity index is 1030. The van der Waals surface area contributed by atoms with Crippen molar-refractivity contribution in [2.24, 2.45) is 0 Å². The molecular formula is C30H44N2O5. The normalized spacial score (nSPS) is 12.0. The molecule has 2 rings (SSSR count). The predicted molar refractivity (Wildman–Crippen MR) is 149 cm³/mol. The second-order valence-corrected chi connectivity index (χ2v) is 10.4. The number of amides is 2. The van der Waals surface area contributed by atoms with Crippen molar-refractivity contribution >= 4 is 17.5 Å². The van der Waals surface area contributed by atoms with Gasteiger partial charge in [-0.3, -0.25) is 9.59 Å². The zero-order valence-electron chi connectivity index (χ0n) is 23.7. The van der Waals surface area contributed by atoms with E-state index >= 15 is 0 Å². The van der Waals surface area contributed by atoms with Gasteiger partial charge in [0.05, 0.1) is 21.3 Å². The molecule has 0 aliphatic heterocycles. The number of anilines is 1. The van der Waals surface area contributed by atoms with Crippen LogP contribution in [-0.2, 0) is 21.5 Å². The van der Waals surface area contributed by atoms with Gasteiger partial charge in [-0.25, -0.2) is 0 Å². The molecule has 7 heteroatoms. The maximum Gasteiger partial charge on any atom is 0.224 e. The minimum absolute atomic E-state index is 0.0131. The van der Waals surface area contributed by atoms with Crippen molar-refractivity contribution in [1.29, 1.82) is 0 Å². The van der Waals surface area contributed by atoms with Gasteiger partial charge in [-0.15, -0.1) is 0 Å². The fraction of sp³-hybridized carbons (Fsp3) is 0.533. The molecule has 1 atom stereocenters. The smallest absolute Gasteiger partial charge is 0.224 e. The minimum Gasteiger partial charge on any atom is -0.493 e. The molecule has 0 radical (unpaired) electrons. The van der Waals surface area contributed by atoms with E-state index in [1.165, 1.54) is 6.92 Å². The van der Waals surface area contributed by atoms with Crippen LogP contribution in [0.25, 0.3) is 0 Å². The van der Waals surface area contributed by atoms with Crippen LogP contribution in [0.15, 0.2) is 30.3 Å². The topological polar surface area (TPSA) is 85.9 Å². The summed E-state index contributed by atoms with van der Waals surface area (Å²) in [6, 6.07) is 9.88. The summed E-state index contributed by atoms with van der Waals surface area (Å²) in [6.07, 6.45) is 4.41. The number of hydrogen-bond acceptors (Lipinski definition) is 5. The average Bonchev–Trinajstić information content (AvgIpc) is 2.85. The summed E-state index contributed by atoms with van der Waals surface area (Å²) in [6.45, 7) is 10.4. The molecule has 0 aliphatic carbocycles. The van der Waals surface area contributed by atoms with E-state index in [9.17, 15) is 9.59 Å². The van der Waals surface area contributed by atoms with Crippen molar-refractivity contribution in [3.8, 4) is 17.2 Å². The molecule has 0 aliphatic rings. The first-order valence-electron chi connectivity index (χ1n) is 13.0. The van der Waals surface area contributed by atoms with Gasteiger partial charge in [0.25, 0.3) is 0 Å². The van der Waals surface area contributed by atoms with Crippen LogP contribution in [-0.4, -0.2) is 33.1 Å². The van der Waals surface area contributed by atoms with Crippen molar-refractivity contribution in [2.45, 2.75) is 84.6 Å². The predicted octanol–water partition coefficient (Wildman–Crippen LogP) is 6.34. The first-order chi connectivity index (χ1) is 17.5. The SMILES string of the molecule is CCCCCC(CC(=O)Nc1cc(CNC(C)=O)ccc1C(C)(C)C)c1cc(OC)c(OC)c(OC)c1. The standard InChI is InChI=1S/C30H44N2O5/c1-9-10-11-12-22(23-16-26(35-6)29(37-8)27(17-23)36-7)18-28(34)32-25-15-21(19-31-20(2)33)13-14-24(25)30(3,4)5/h13-17,22H,9-12,18-19H2,1-8H3,(H,31,33)(H,32,34). The lowest BCUT2D eigenvalue weighted by molar-refractivity contribution is -0.119. The Balaban J connectivity index is 2.37. The summed E-state index contributed by atoms with van der Waals surface area (Å²) in [5, 5.41) is 6.00. The van der Waals surface area contributed by atoms with Gasteiger partial charge in [0.2, 0.25) is 17.6 Å². The second-order valence-electron chi connectivity index (χ2n) is 10.4. The molecular weight excluding hydrogens is 468 g/mol. The van der Waals surface area contributed by atoms with Crippen LogP contribution < -0.4 is 24.8 Å². The number of hydrogen-bond donors (Lipinski definition) is 2. The number of ether oxygens (including phenoxy) is 3. The number of methoxy groups -OCH3 is 3. The molecule has 0 aromatic heterocycles. The first kappa shape index (κ1) is 30.0. The van der Waals surface area contributed by atoms with E-state index in [0.717, 1.165) is 48.1 Å². The fourth-order valence-corrected chi connectivity index (χ4v) is 4.47. The van der Waals surface area contributed by atoms with Gasteiger partial charge in [-0.1, -0.05) is 59.1 Å². The van der Waals surface area contributed by atoms with Crippen LogP contribution in [0.2, 0.25) is 0 Å². The van der Waals surface area contributed by atoms with Gasteiger partial charge in [0.15, 0.2) is 11.5 Å². The molecule has 37 heavy (non-hydrogen) atoms. The van der Waals surface area contributed by atoms with Gasteiger partial charge in [-0.2, -0.15) is 0 Å². The van der Waals surface area contributed by atoms with Gasteiger partial charge in [0.1, 0.15) is 0 Å². The van der Waals surface area contributed by atoms with Crippen LogP contribution >= 0.6 is 0 Å². The molecule has 1 unspecified atom stereocenters. The summed E-state index contributed by atoms with van der Waals surface area (Å²) in [4.78, 5) is 24.8. The van der Waals surface area contributed by atoms with Crippen molar-refractivity contribution in [1.82, 2.24) is 5.32 Å². The number of benzene rings is 2. The van der Waals surface area contributed by atoms with Crippen molar-refractivity contribution in [3.63, 3.8) is 0 Å². The largest absolute Gasteiger partial charge is 0.493 e. The summed E-state index contributed by atoms with van der Waals surface area (Å²) < 4.78 is 16.6. The van der Waals surface area contributed by atoms with Gasteiger partial charge in [-0.05, 0) is 52.6 Å². The molecule has 2 aromatic rings. The highest BCUT2D eigenvalue weighted by atomic mass is 16.5. The lowest BCUT2D eigenvalue weighted by Gasteiger charge is -2.25. The number of carbonyl (C=O) groups is 2. The Morgan fingerprint density at radius 2 is 1.59 bits per heavy atom. The van der Waals surface area contributed by atoms with E-state index in [1.807, 2.05) is 30.3 Å². The van der Waals surface area contributed by atoms with E-state index < -0.39 is 0 Å². The molecule has 0 fully saturated rings. The zero-order valence-corrected chi connectivity index (χ0v) is 23.7. The van der Waals surface area contributed by atoms with E-state index in [4.69, 9.17) is 14.2 Å². The van der Waals surface area contributed by atoms with Gasteiger partial charge >= 0.3 is 0 Å². The lowest BCUT2D eigenvalue weighted by Crippen LogP contribution is -2.22. The molecule has 7 nitrogen and oxygen atoms in total. The summed E-state index contributed by atoms with van der Waals surface area (Å²) >= 11 is 0. The molecule has 0 saturated heterocycles. The monoisotopic (exact) mass is 512 g/mol. The molecule has 0 spiro atoms. The fourth-order valence-electron chi connectivity index (χ4n) is 4.47. The maximum atomic E-state index is 13.4. The van der Waals surface area contributed by atoms with Crippen molar-refractivity contribution in [3.05, 3.63) is 47.0 Å². The van der Waals surface area contributed by atoms with E-state index in [0.29, 0.717) is 30.2 Å². The van der Waals surface area contributed by atoms with Crippen LogP contribution in [0.1, 0.15) is 89.3 Å². The Labute approximate surface area is 222 Å². The molecule has 0 bridgehead atoms. The van der Waals surface area contributed by atoms with Crippen LogP contribution in [0.4, 0.5) is 5.69 Å². The Morgan fingerprint density at radius 3 is 2.11 bits per heavy atom. The van der Waals surface area contributed by atoms with E-state index in [2.05, 4.69) is 38.3 Å². The van der Waals surface area contributed by atoms with Crippen LogP contribution in [0, 0.1) is 0 Å². The zero-order chi connectivity index (χ0) is 27.6. The van der Waals surface area contributed by atoms with E-state index in [-0.39, 0.29) is 23.1 Å². The maximum absolute atomic E-state index is 13.4. The number of unbranched alkanes of at least 4 members (excludes halogenated alkanes) is 2. The molecule has 2 N–H and O–H groups in total. The van der Waals surface area contributed by atoms with Crippen molar-refractivity contribution < 1.29 is 23.8 Å². The lowest BCUT2D eigenvalue weighted by atomic mass is 9.85. The highest BCUT2D eigenvalue weighted by Gasteiger charge is 2.24. The highest BCUT2D eigenvalue weighted by molar-refractivity contribution is 5.92. The van der Waals surface area contributed by atoms with Gasteiger partial charge in [0, 0.05) is 25.6 Å². The highest BCUT2D eigenvalue weighted by Crippen LogP contribution is 2.42. The molecule has 204 valence electrons. The average molecular weight is 513 g/mol. The molecule has 0 heterocycles. The quantitative estimate of drug-likeness (QED) is 0.306. The first-order valence-corrected chi connectivity index (χ1v) is 13.0. The third kappa shape index (κ3) is 8.69. The summed E-state index contributed by atoms with van der Waals surface area (Å²) in [5.41, 5.74) is 3.57. The number of nitrogens with one attached hydrogen (secondary N) is 2. The minimum atomic E-state index is -0.160. The Morgan fingerprint density at radius 1 is 0.946 bits per heavy atom. The third-order valence-electron chi connectivity index (χ3n) is 6.45. The Hall–Kier alpha value is -3.22. The molecule has 0 saturated carbocycles. The molecule has 2 aromatic carbocycles. The number of carbonyl (C=O) groups excluding carboxylic acids is 2. The van der Waals surface area contributed by atoms with Crippen LogP contribution in [0.3, 0.4) is 0 Å². The number of rotatable bonds is 13. The van der Waals surface area contributed by atoms with Gasteiger partial charge < -0.3 is 24.8 Å². The molecule has 2 amide bonds.